The molecule has 0 atom stereocenters. The number of nitrogens with two attached hydrogens (primary N) is 2. The van der Waals surface area contributed by atoms with E-state index in [2.05, 4.69) is 46.6 Å². The summed E-state index contributed by atoms with van der Waals surface area (Å²) in [6.07, 6.45) is 0. The van der Waals surface area contributed by atoms with Gasteiger partial charge in [-0.1, -0.05) is 0 Å². The fourth-order valence-corrected chi connectivity index (χ4v) is 1.66. The van der Waals surface area contributed by atoms with Crippen molar-refractivity contribution in [2.75, 3.05) is 52.4 Å². The van der Waals surface area contributed by atoms with Gasteiger partial charge < -0.3 is 85.9 Å². The Bertz CT molecular complexity index is 724. The summed E-state index contributed by atoms with van der Waals surface area (Å²) in [5.41, 5.74) is 8.72. The van der Waals surface area contributed by atoms with Crippen molar-refractivity contribution >= 4 is 58.1 Å². The molecule has 0 aliphatic carbocycles. The van der Waals surface area contributed by atoms with E-state index in [1.165, 1.54) is 55.4 Å². The summed E-state index contributed by atoms with van der Waals surface area (Å²) in [4.78, 5) is 100. The van der Waals surface area contributed by atoms with Crippen molar-refractivity contribution in [1.82, 2.24) is 21.3 Å². The Labute approximate surface area is 387 Å². The molecular weight excluding hydrogens is 707 g/mol. The van der Waals surface area contributed by atoms with E-state index in [0.29, 0.717) is 52.4 Å². The largest absolute Gasteiger partial charge is 1.00 e. The standard InChI is InChI=1S/4C6H11NO2.2C2H4NO.4CH3.2K/c4*1-5(8)3-7-4-6(2)9;2*1-2(3)4;;;;;;/h4*7H,3-4H2,1-2H3;2*1H2,(H2,3,4);4*1H3;;/q;;;;6*-1;2*+1. The van der Waals surface area contributed by atoms with Crippen molar-refractivity contribution in [1.29, 1.82) is 0 Å². The van der Waals surface area contributed by atoms with Crippen LogP contribution >= 0.6 is 0 Å². The molecule has 0 bridgehead atoms. The smallest absolute Gasteiger partial charge is 0.395 e. The van der Waals surface area contributed by atoms with Crippen LogP contribution in [-0.2, 0) is 47.9 Å². The second-order valence-corrected chi connectivity index (χ2v) is 8.96. The third kappa shape index (κ3) is 187. The number of carbonyl (C=O) groups is 10. The Kier molecular flexibility index (Phi) is 104. The average Bonchev–Trinajstić information content (AvgIpc) is 2.77. The second-order valence-electron chi connectivity index (χ2n) is 8.96. The number of hydrogen-bond acceptors (Lipinski definition) is 14. The normalized spacial score (nSPS) is 7.52. The van der Waals surface area contributed by atoms with Crippen molar-refractivity contribution in [3.63, 3.8) is 0 Å². The summed E-state index contributed by atoms with van der Waals surface area (Å²) < 4.78 is 0. The number of hydrogen-bond donors (Lipinski definition) is 6. The minimum absolute atomic E-state index is 0. The van der Waals surface area contributed by atoms with Crippen molar-refractivity contribution in [2.45, 2.75) is 55.4 Å². The number of amides is 2. The minimum Gasteiger partial charge on any atom is -0.395 e. The Morgan fingerprint density at radius 1 is 0.340 bits per heavy atom. The van der Waals surface area contributed by atoms with Crippen LogP contribution < -0.4 is 136 Å². The Morgan fingerprint density at radius 3 is 0.440 bits per heavy atom. The zero-order valence-electron chi connectivity index (χ0n) is 33.3. The van der Waals surface area contributed by atoms with Gasteiger partial charge in [0.2, 0.25) is 0 Å². The van der Waals surface area contributed by atoms with Crippen LogP contribution in [0.4, 0.5) is 0 Å². The summed E-state index contributed by atoms with van der Waals surface area (Å²) in [6, 6.07) is 0. The monoisotopic (exact) mass is 770 g/mol. The molecule has 0 radical (unpaired) electrons. The van der Waals surface area contributed by atoms with E-state index >= 15 is 0 Å². The van der Waals surface area contributed by atoms with Gasteiger partial charge in [-0.3, -0.25) is 38.4 Å². The molecule has 0 aromatic heterocycles. The topological polar surface area (TPSA) is 271 Å². The fourth-order valence-electron chi connectivity index (χ4n) is 1.66. The second kappa shape index (κ2) is 63.2. The zero-order chi connectivity index (χ0) is 36.3. The van der Waals surface area contributed by atoms with Crippen LogP contribution in [0.5, 0.6) is 0 Å². The Morgan fingerprint density at radius 2 is 0.400 bits per heavy atom. The van der Waals surface area contributed by atoms with Gasteiger partial charge in [0, 0.05) is 0 Å². The first-order chi connectivity index (χ1) is 20.0. The first-order valence-electron chi connectivity index (χ1n) is 13.0. The summed E-state index contributed by atoms with van der Waals surface area (Å²) in [6.45, 7) is 19.7. The van der Waals surface area contributed by atoms with E-state index in [0.717, 1.165) is 0 Å². The number of nitrogens with one attached hydrogen (secondary N) is 4. The molecule has 0 fully saturated rings. The predicted molar refractivity (Wildman–Crippen MR) is 192 cm³/mol. The van der Waals surface area contributed by atoms with Crippen LogP contribution in [0.25, 0.3) is 0 Å². The van der Waals surface area contributed by atoms with E-state index < -0.39 is 11.8 Å². The Balaban J connectivity index is -0.0000000346. The Hall–Kier alpha value is -0.847. The van der Waals surface area contributed by atoms with Gasteiger partial charge in [-0.2, -0.15) is 0 Å². The molecular formula is C32H64K2N6O10-4. The summed E-state index contributed by atoms with van der Waals surface area (Å²) in [7, 11) is 0. The van der Waals surface area contributed by atoms with Gasteiger partial charge in [-0.05, 0) is 55.4 Å². The molecule has 8 N–H and O–H groups in total. The number of Topliss-reactive ketones (excluding diaryl/α,β-unsaturated/α-hetero) is 8. The van der Waals surface area contributed by atoms with Crippen LogP contribution in [0.3, 0.4) is 0 Å². The quantitative estimate of drug-likeness (QED) is 0.0630. The molecule has 0 heterocycles. The first kappa shape index (κ1) is 82.6. The maximum absolute atomic E-state index is 10.3. The van der Waals surface area contributed by atoms with Gasteiger partial charge >= 0.3 is 103 Å². The maximum Gasteiger partial charge on any atom is 1.00 e. The molecule has 0 aromatic rings. The van der Waals surface area contributed by atoms with Crippen LogP contribution in [0.15, 0.2) is 0 Å². The molecule has 0 aromatic carbocycles. The number of ketones is 8. The van der Waals surface area contributed by atoms with Gasteiger partial charge in [-0.15, -0.1) is 0 Å². The predicted octanol–water partition coefficient (Wildman–Crippen LogP) is -6.56. The van der Waals surface area contributed by atoms with Crippen LogP contribution in [0.2, 0.25) is 0 Å². The van der Waals surface area contributed by atoms with E-state index in [-0.39, 0.29) is 179 Å². The molecule has 50 heavy (non-hydrogen) atoms. The molecule has 0 spiro atoms. The molecule has 0 rings (SSSR count). The van der Waals surface area contributed by atoms with E-state index in [1.807, 2.05) is 0 Å². The first-order valence-corrected chi connectivity index (χ1v) is 13.0. The zero-order valence-corrected chi connectivity index (χ0v) is 39.6. The van der Waals surface area contributed by atoms with Crippen molar-refractivity contribution < 1.29 is 151 Å². The van der Waals surface area contributed by atoms with Gasteiger partial charge in [0.25, 0.3) is 0 Å². The van der Waals surface area contributed by atoms with Crippen molar-refractivity contribution in [3.8, 4) is 0 Å². The fraction of sp³-hybridized carbons (Fsp3) is 0.500. The molecule has 288 valence electrons. The molecule has 0 saturated heterocycles. The van der Waals surface area contributed by atoms with E-state index in [4.69, 9.17) is 9.59 Å². The van der Waals surface area contributed by atoms with Crippen molar-refractivity contribution in [2.24, 2.45) is 11.5 Å². The summed E-state index contributed by atoms with van der Waals surface area (Å²) in [5, 5.41) is 10.7. The van der Waals surface area contributed by atoms with Crippen LogP contribution in [-0.4, -0.2) is 110 Å². The third-order valence-corrected chi connectivity index (χ3v) is 2.99. The maximum atomic E-state index is 10.3. The number of carbonyl (C=O) groups excluding carboxylic acids is 10. The van der Waals surface area contributed by atoms with Gasteiger partial charge in [-0.25, -0.2) is 0 Å². The molecule has 0 aliphatic rings. The van der Waals surface area contributed by atoms with E-state index in [9.17, 15) is 38.4 Å². The molecule has 0 unspecified atom stereocenters. The number of primary amides is 2. The number of rotatable bonds is 16. The van der Waals surface area contributed by atoms with Crippen LogP contribution in [0, 0.1) is 43.6 Å². The van der Waals surface area contributed by atoms with Crippen molar-refractivity contribution in [3.05, 3.63) is 43.6 Å². The molecule has 0 aliphatic heterocycles. The van der Waals surface area contributed by atoms with Gasteiger partial charge in [0.05, 0.1) is 64.2 Å². The van der Waals surface area contributed by atoms with E-state index in [1.54, 1.807) is 0 Å². The van der Waals surface area contributed by atoms with Gasteiger partial charge in [0.1, 0.15) is 46.3 Å². The molecule has 0 saturated carbocycles. The summed E-state index contributed by atoms with van der Waals surface area (Å²) >= 11 is 0. The SMILES string of the molecule is CC(=O)CNCC(C)=O.CC(=O)CNCC(C)=O.CC(=O)CNCC(C)=O.CC(=O)CNCC(C)=O.[CH2-]C(N)=O.[CH2-]C(N)=O.[CH3-].[CH3-].[CH3-].[CH3-].[K+].[K+]. The summed E-state index contributed by atoms with van der Waals surface area (Å²) in [5.74, 6) is -0.750. The van der Waals surface area contributed by atoms with Crippen LogP contribution in [0.1, 0.15) is 55.4 Å². The third-order valence-electron chi connectivity index (χ3n) is 2.99. The molecule has 16 nitrogen and oxygen atoms in total. The molecule has 2 amide bonds. The minimum atomic E-state index is -0.583. The van der Waals surface area contributed by atoms with Gasteiger partial charge in [0.15, 0.2) is 0 Å². The average molecular weight is 771 g/mol. The molecule has 18 heteroatoms.